The van der Waals surface area contributed by atoms with Gasteiger partial charge in [0.25, 0.3) is 0 Å². The van der Waals surface area contributed by atoms with E-state index in [1.165, 1.54) is 37.1 Å². The predicted octanol–water partition coefficient (Wildman–Crippen LogP) is 0.213. The molecule has 0 saturated heterocycles. The molecule has 10 heteroatoms. The Bertz CT molecular complexity index is 816. The zero-order chi connectivity index (χ0) is 24.0. The van der Waals surface area contributed by atoms with E-state index in [4.69, 9.17) is 13.5 Å². The molecule has 1 heterocycles. The number of hydrogen-bond donors (Lipinski definition) is 3. The van der Waals surface area contributed by atoms with Gasteiger partial charge in [-0.2, -0.15) is 8.42 Å². The second-order valence-corrected chi connectivity index (χ2v) is 8.57. The first kappa shape index (κ1) is 32.0. The smallest absolute Gasteiger partial charge is 0.452 e. The first-order valence-corrected chi connectivity index (χ1v) is 12.1. The van der Waals surface area contributed by atoms with E-state index in [2.05, 4.69) is 13.0 Å². The third-order valence-corrected chi connectivity index (χ3v) is 5.33. The van der Waals surface area contributed by atoms with Crippen molar-refractivity contribution < 1.29 is 66.5 Å². The van der Waals surface area contributed by atoms with Crippen LogP contribution in [0.5, 0.6) is 0 Å². The molecular weight excluding hydrogens is 459 g/mol. The molecule has 1 aliphatic heterocycles. The van der Waals surface area contributed by atoms with Crippen LogP contribution in [0.15, 0.2) is 60.8 Å². The van der Waals surface area contributed by atoms with Crippen LogP contribution in [0.2, 0.25) is 0 Å². The molecule has 5 unspecified atom stereocenters. The fourth-order valence-corrected chi connectivity index (χ4v) is 3.48. The standard InChI is InChI=1S/C23H34O8S.Na/c1-3-4-5-6-7-8-9-10-11-13-19(24)18(2)21(31-32(27,28)29)14-12-15-22-20(25)16-17-23(26)30-22;/h7-13,15-22,24-25H,3-6,14H2,1-2H3,(H,27,28,29);/q;+1/b8-7+,10-9+,13-11+,15-12+;. The summed E-state index contributed by atoms with van der Waals surface area (Å²) >= 11 is 0. The number of ether oxygens (including phenoxy) is 1. The van der Waals surface area contributed by atoms with Crippen LogP contribution in [0.4, 0.5) is 0 Å². The molecule has 0 radical (unpaired) electrons. The number of cyclic esters (lactones) is 1. The van der Waals surface area contributed by atoms with Crippen LogP contribution in [0.25, 0.3) is 0 Å². The number of allylic oxidation sites excluding steroid dienone is 5. The van der Waals surface area contributed by atoms with E-state index < -0.39 is 46.7 Å². The van der Waals surface area contributed by atoms with Crippen molar-refractivity contribution in [2.45, 2.75) is 70.4 Å². The first-order chi connectivity index (χ1) is 15.1. The Kier molecular flexibility index (Phi) is 16.9. The Labute approximate surface area is 219 Å². The molecule has 0 bridgehead atoms. The van der Waals surface area contributed by atoms with Gasteiger partial charge in [-0.1, -0.05) is 69.2 Å². The quantitative estimate of drug-likeness (QED) is 0.0782. The molecule has 8 nitrogen and oxygen atoms in total. The molecule has 1 aliphatic rings. The van der Waals surface area contributed by atoms with Gasteiger partial charge in [0.15, 0.2) is 0 Å². The molecule has 0 aromatic carbocycles. The second-order valence-electron chi connectivity index (χ2n) is 7.52. The van der Waals surface area contributed by atoms with Crippen molar-refractivity contribution in [2.24, 2.45) is 5.92 Å². The number of unbranched alkanes of at least 4 members (excludes halogenated alkanes) is 3. The Balaban J connectivity index is 0.0000102. The normalized spacial score (nSPS) is 22.2. The van der Waals surface area contributed by atoms with Gasteiger partial charge in [-0.3, -0.25) is 4.55 Å². The van der Waals surface area contributed by atoms with Gasteiger partial charge in [0.05, 0.1) is 12.2 Å². The average Bonchev–Trinajstić information content (AvgIpc) is 2.72. The summed E-state index contributed by atoms with van der Waals surface area (Å²) in [7, 11) is -4.76. The van der Waals surface area contributed by atoms with E-state index in [9.17, 15) is 23.4 Å². The number of aliphatic hydroxyl groups excluding tert-OH is 2. The van der Waals surface area contributed by atoms with Gasteiger partial charge in [-0.25, -0.2) is 8.98 Å². The predicted molar refractivity (Wildman–Crippen MR) is 122 cm³/mol. The Morgan fingerprint density at radius 1 is 1.18 bits per heavy atom. The summed E-state index contributed by atoms with van der Waals surface area (Å²) in [6.07, 6.45) is 16.4. The van der Waals surface area contributed by atoms with Crippen molar-refractivity contribution in [1.29, 1.82) is 0 Å². The largest absolute Gasteiger partial charge is 1.00 e. The molecule has 0 saturated carbocycles. The number of esters is 1. The van der Waals surface area contributed by atoms with Crippen molar-refractivity contribution in [3.05, 3.63) is 60.8 Å². The molecule has 3 N–H and O–H groups in total. The molecule has 33 heavy (non-hydrogen) atoms. The van der Waals surface area contributed by atoms with E-state index >= 15 is 0 Å². The van der Waals surface area contributed by atoms with Gasteiger partial charge >= 0.3 is 45.9 Å². The van der Waals surface area contributed by atoms with Gasteiger partial charge in [-0.05, 0) is 31.4 Å². The maximum Gasteiger partial charge on any atom is 1.00 e. The van der Waals surface area contributed by atoms with Gasteiger partial charge < -0.3 is 14.9 Å². The summed E-state index contributed by atoms with van der Waals surface area (Å²) in [5.41, 5.74) is 0. The fourth-order valence-electron chi connectivity index (χ4n) is 2.92. The zero-order valence-electron chi connectivity index (χ0n) is 19.5. The van der Waals surface area contributed by atoms with Crippen molar-refractivity contribution in [2.75, 3.05) is 0 Å². The topological polar surface area (TPSA) is 130 Å². The molecule has 0 aliphatic carbocycles. The van der Waals surface area contributed by atoms with E-state index in [1.807, 2.05) is 12.2 Å². The Hall–Kier alpha value is -1.04. The van der Waals surface area contributed by atoms with E-state index in [1.54, 1.807) is 19.1 Å². The maximum atomic E-state index is 11.3. The summed E-state index contributed by atoms with van der Waals surface area (Å²) in [6.45, 7) is 3.73. The summed E-state index contributed by atoms with van der Waals surface area (Å²) in [6, 6.07) is 0. The van der Waals surface area contributed by atoms with Crippen LogP contribution in [0.1, 0.15) is 46.0 Å². The number of carbonyl (C=O) groups is 1. The summed E-state index contributed by atoms with van der Waals surface area (Å²) in [5, 5.41) is 20.2. The van der Waals surface area contributed by atoms with Gasteiger partial charge in [0, 0.05) is 12.0 Å². The van der Waals surface area contributed by atoms with Gasteiger partial charge in [0.1, 0.15) is 12.2 Å². The molecule has 0 aromatic heterocycles. The molecule has 180 valence electrons. The zero-order valence-corrected chi connectivity index (χ0v) is 22.3. The van der Waals surface area contributed by atoms with Crippen molar-refractivity contribution in [3.63, 3.8) is 0 Å². The maximum absolute atomic E-state index is 11.3. The molecule has 5 atom stereocenters. The molecular formula is C23H34NaO8S+. The number of hydrogen-bond acceptors (Lipinski definition) is 7. The molecule has 0 spiro atoms. The van der Waals surface area contributed by atoms with Crippen LogP contribution >= 0.6 is 0 Å². The summed E-state index contributed by atoms with van der Waals surface area (Å²) in [4.78, 5) is 11.3. The van der Waals surface area contributed by atoms with Crippen LogP contribution < -0.4 is 29.6 Å². The average molecular weight is 494 g/mol. The van der Waals surface area contributed by atoms with Crippen LogP contribution in [0.3, 0.4) is 0 Å². The van der Waals surface area contributed by atoms with Crippen LogP contribution in [0, 0.1) is 5.92 Å². The Morgan fingerprint density at radius 3 is 2.55 bits per heavy atom. The Morgan fingerprint density at radius 2 is 1.88 bits per heavy atom. The SMILES string of the molecule is CCCCC/C=C/C=C/C=C/C(O)C(C)C(C/C=C/C1OC(=O)C=CC1O)OS(=O)(=O)O.[Na+]. The number of aliphatic hydroxyl groups is 2. The van der Waals surface area contributed by atoms with E-state index in [-0.39, 0.29) is 36.0 Å². The summed E-state index contributed by atoms with van der Waals surface area (Å²) in [5.74, 6) is -1.30. The molecule has 1 rings (SSSR count). The molecule has 0 amide bonds. The minimum Gasteiger partial charge on any atom is -0.452 e. The van der Waals surface area contributed by atoms with Crippen molar-refractivity contribution in [3.8, 4) is 0 Å². The van der Waals surface area contributed by atoms with Gasteiger partial charge in [0.2, 0.25) is 0 Å². The van der Waals surface area contributed by atoms with Crippen molar-refractivity contribution in [1.82, 2.24) is 0 Å². The minimum absolute atomic E-state index is 0. The fraction of sp³-hybridized carbons (Fsp3) is 0.522. The summed E-state index contributed by atoms with van der Waals surface area (Å²) < 4.78 is 41.2. The molecule has 0 aromatic rings. The third kappa shape index (κ3) is 14.7. The van der Waals surface area contributed by atoms with Crippen LogP contribution in [-0.4, -0.2) is 53.6 Å². The third-order valence-electron chi connectivity index (χ3n) is 4.83. The van der Waals surface area contributed by atoms with Gasteiger partial charge in [-0.15, -0.1) is 0 Å². The van der Waals surface area contributed by atoms with E-state index in [0.29, 0.717) is 0 Å². The first-order valence-electron chi connectivity index (χ1n) is 10.7. The van der Waals surface area contributed by atoms with Crippen LogP contribution in [-0.2, 0) is 24.1 Å². The number of rotatable bonds is 14. The van der Waals surface area contributed by atoms with Crippen molar-refractivity contribution >= 4 is 16.4 Å². The van der Waals surface area contributed by atoms with E-state index in [0.717, 1.165) is 18.9 Å². The number of carbonyl (C=O) groups excluding carboxylic acids is 1. The monoisotopic (exact) mass is 493 g/mol. The molecule has 0 fully saturated rings. The second kappa shape index (κ2) is 17.4. The minimum atomic E-state index is -4.76.